The number of aliphatic imine (C=N–C) groups is 1. The van der Waals surface area contributed by atoms with Gasteiger partial charge >= 0.3 is 0 Å². The maximum absolute atomic E-state index is 12.1. The summed E-state index contributed by atoms with van der Waals surface area (Å²) < 4.78 is 29.2. The van der Waals surface area contributed by atoms with Crippen molar-refractivity contribution < 1.29 is 12.8 Å². The minimum atomic E-state index is -3.16. The van der Waals surface area contributed by atoms with Crippen molar-refractivity contribution in [3.05, 3.63) is 17.8 Å². The summed E-state index contributed by atoms with van der Waals surface area (Å²) in [7, 11) is -3.16. The standard InChI is InChI=1S/C17H32N4O3S.HI/c1-8-18-15(19-9-10-25(22,23)17(5,6)7)21-12-14-20-11-13(24-14)16(2,3)4;/h11H,8-10,12H2,1-7H3,(H2,18,19,21);1H. The quantitative estimate of drug-likeness (QED) is 0.354. The highest BCUT2D eigenvalue weighted by Gasteiger charge is 2.28. The van der Waals surface area contributed by atoms with Crippen LogP contribution in [0.4, 0.5) is 0 Å². The molecular formula is C17H33IN4O3S. The monoisotopic (exact) mass is 500 g/mol. The average molecular weight is 500 g/mol. The number of halogens is 1. The lowest BCUT2D eigenvalue weighted by Gasteiger charge is -2.19. The third kappa shape index (κ3) is 7.81. The van der Waals surface area contributed by atoms with Crippen LogP contribution in [0.3, 0.4) is 0 Å². The van der Waals surface area contributed by atoms with Crippen molar-refractivity contribution in [2.75, 3.05) is 18.8 Å². The number of nitrogens with zero attached hydrogens (tertiary/aromatic N) is 2. The van der Waals surface area contributed by atoms with Gasteiger partial charge in [0.15, 0.2) is 15.8 Å². The Labute approximate surface area is 174 Å². The largest absolute Gasteiger partial charge is 0.443 e. The molecule has 0 aliphatic heterocycles. The molecule has 1 aromatic rings. The Kier molecular flexibility index (Phi) is 9.59. The van der Waals surface area contributed by atoms with Gasteiger partial charge in [0, 0.05) is 18.5 Å². The molecule has 26 heavy (non-hydrogen) atoms. The van der Waals surface area contributed by atoms with E-state index in [9.17, 15) is 8.42 Å². The first-order chi connectivity index (χ1) is 11.4. The molecule has 9 heteroatoms. The van der Waals surface area contributed by atoms with E-state index in [0.717, 1.165) is 5.76 Å². The third-order valence-electron chi connectivity index (χ3n) is 3.61. The molecular weight excluding hydrogens is 467 g/mol. The molecule has 0 unspecified atom stereocenters. The van der Waals surface area contributed by atoms with Crippen molar-refractivity contribution in [1.29, 1.82) is 0 Å². The molecule has 0 radical (unpaired) electrons. The Bertz CT molecular complexity index is 686. The Morgan fingerprint density at radius 3 is 2.27 bits per heavy atom. The summed E-state index contributed by atoms with van der Waals surface area (Å²) in [4.78, 5) is 8.65. The average Bonchev–Trinajstić information content (AvgIpc) is 2.92. The molecule has 1 heterocycles. The van der Waals surface area contributed by atoms with Gasteiger partial charge < -0.3 is 15.1 Å². The molecule has 7 nitrogen and oxygen atoms in total. The zero-order valence-corrected chi connectivity index (χ0v) is 20.0. The number of rotatable bonds is 6. The molecule has 1 aromatic heterocycles. The van der Waals surface area contributed by atoms with E-state index in [1.807, 2.05) is 6.92 Å². The highest BCUT2D eigenvalue weighted by Crippen LogP contribution is 2.22. The lowest BCUT2D eigenvalue weighted by molar-refractivity contribution is 0.383. The summed E-state index contributed by atoms with van der Waals surface area (Å²) in [6.07, 6.45) is 1.72. The molecule has 0 amide bonds. The van der Waals surface area contributed by atoms with E-state index in [1.54, 1.807) is 27.0 Å². The molecule has 152 valence electrons. The number of aromatic nitrogens is 1. The van der Waals surface area contributed by atoms with E-state index < -0.39 is 14.6 Å². The van der Waals surface area contributed by atoms with Crippen LogP contribution in [0, 0.1) is 0 Å². The summed E-state index contributed by atoms with van der Waals surface area (Å²) >= 11 is 0. The van der Waals surface area contributed by atoms with Crippen molar-refractivity contribution in [3.8, 4) is 0 Å². The van der Waals surface area contributed by atoms with Gasteiger partial charge in [-0.25, -0.2) is 18.4 Å². The van der Waals surface area contributed by atoms with Crippen molar-refractivity contribution in [2.24, 2.45) is 4.99 Å². The fourth-order valence-electron chi connectivity index (χ4n) is 1.83. The van der Waals surface area contributed by atoms with E-state index in [0.29, 0.717) is 24.9 Å². The molecule has 0 aromatic carbocycles. The predicted octanol–water partition coefficient (Wildman–Crippen LogP) is 2.86. The molecule has 0 aliphatic rings. The first-order valence-electron chi connectivity index (χ1n) is 8.56. The highest BCUT2D eigenvalue weighted by atomic mass is 127. The van der Waals surface area contributed by atoms with Crippen molar-refractivity contribution >= 4 is 39.8 Å². The van der Waals surface area contributed by atoms with E-state index in [-0.39, 0.29) is 41.7 Å². The van der Waals surface area contributed by atoms with Crippen LogP contribution >= 0.6 is 24.0 Å². The lowest BCUT2D eigenvalue weighted by atomic mass is 9.94. The number of hydrogen-bond acceptors (Lipinski definition) is 5. The van der Waals surface area contributed by atoms with Crippen LogP contribution < -0.4 is 10.6 Å². The van der Waals surface area contributed by atoms with Crippen LogP contribution in [0.5, 0.6) is 0 Å². The third-order valence-corrected chi connectivity index (χ3v) is 6.21. The molecule has 0 spiro atoms. The minimum absolute atomic E-state index is 0. The number of hydrogen-bond donors (Lipinski definition) is 2. The first-order valence-corrected chi connectivity index (χ1v) is 10.2. The Balaban J connectivity index is 0.00000625. The molecule has 0 bridgehead atoms. The fourth-order valence-corrected chi connectivity index (χ4v) is 2.81. The van der Waals surface area contributed by atoms with Crippen LogP contribution in [0.1, 0.15) is 60.1 Å². The van der Waals surface area contributed by atoms with Gasteiger partial charge in [-0.3, -0.25) is 0 Å². The fraction of sp³-hybridized carbons (Fsp3) is 0.765. The van der Waals surface area contributed by atoms with Crippen molar-refractivity contribution in [1.82, 2.24) is 15.6 Å². The van der Waals surface area contributed by atoms with Gasteiger partial charge in [0.25, 0.3) is 0 Å². The van der Waals surface area contributed by atoms with Crippen molar-refractivity contribution in [3.63, 3.8) is 0 Å². The first kappa shape index (κ1) is 25.2. The van der Waals surface area contributed by atoms with Crippen molar-refractivity contribution in [2.45, 2.75) is 65.2 Å². The highest BCUT2D eigenvalue weighted by molar-refractivity contribution is 14.0. The summed E-state index contributed by atoms with van der Waals surface area (Å²) in [5, 5.41) is 6.14. The second kappa shape index (κ2) is 9.91. The smallest absolute Gasteiger partial charge is 0.216 e. The van der Waals surface area contributed by atoms with Crippen LogP contribution in [0.25, 0.3) is 0 Å². The Morgan fingerprint density at radius 2 is 1.81 bits per heavy atom. The Morgan fingerprint density at radius 1 is 1.19 bits per heavy atom. The maximum Gasteiger partial charge on any atom is 0.216 e. The van der Waals surface area contributed by atoms with E-state index in [4.69, 9.17) is 4.42 Å². The predicted molar refractivity (Wildman–Crippen MR) is 117 cm³/mol. The minimum Gasteiger partial charge on any atom is -0.443 e. The molecule has 1 rings (SSSR count). The molecule has 0 atom stereocenters. The van der Waals surface area contributed by atoms with Gasteiger partial charge in [-0.05, 0) is 27.7 Å². The van der Waals surface area contributed by atoms with E-state index in [1.165, 1.54) is 0 Å². The summed E-state index contributed by atoms with van der Waals surface area (Å²) in [6.45, 7) is 14.5. The van der Waals surface area contributed by atoms with Gasteiger partial charge in [-0.15, -0.1) is 24.0 Å². The summed E-state index contributed by atoms with van der Waals surface area (Å²) in [5.74, 6) is 1.94. The van der Waals surface area contributed by atoms with Crippen LogP contribution in [0.2, 0.25) is 0 Å². The van der Waals surface area contributed by atoms with Gasteiger partial charge in [-0.1, -0.05) is 20.8 Å². The number of sulfone groups is 1. The van der Waals surface area contributed by atoms with E-state index >= 15 is 0 Å². The van der Waals surface area contributed by atoms with Crippen LogP contribution in [-0.2, 0) is 21.8 Å². The van der Waals surface area contributed by atoms with Gasteiger partial charge in [0.05, 0.1) is 16.7 Å². The van der Waals surface area contributed by atoms with Gasteiger partial charge in [0.2, 0.25) is 5.89 Å². The number of nitrogens with one attached hydrogen (secondary N) is 2. The van der Waals surface area contributed by atoms with E-state index in [2.05, 4.69) is 41.4 Å². The second-order valence-corrected chi connectivity index (χ2v) is 10.8. The zero-order chi connectivity index (χ0) is 19.3. The molecule has 0 saturated carbocycles. The normalized spacial score (nSPS) is 13.3. The zero-order valence-electron chi connectivity index (χ0n) is 16.8. The summed E-state index contributed by atoms with van der Waals surface area (Å²) in [6, 6.07) is 0. The molecule has 2 N–H and O–H groups in total. The van der Waals surface area contributed by atoms with Gasteiger partial charge in [0.1, 0.15) is 12.3 Å². The number of oxazole rings is 1. The summed E-state index contributed by atoms with van der Waals surface area (Å²) in [5.41, 5.74) is -0.0982. The molecule has 0 saturated heterocycles. The maximum atomic E-state index is 12.1. The van der Waals surface area contributed by atoms with Crippen LogP contribution in [0.15, 0.2) is 15.6 Å². The lowest BCUT2D eigenvalue weighted by Crippen LogP contribution is -2.41. The second-order valence-electron chi connectivity index (χ2n) is 7.92. The molecule has 0 fully saturated rings. The SMILES string of the molecule is CCNC(=NCc1ncc(C(C)(C)C)o1)NCCS(=O)(=O)C(C)(C)C.I. The number of guanidine groups is 1. The van der Waals surface area contributed by atoms with Gasteiger partial charge in [-0.2, -0.15) is 0 Å². The Hall–Kier alpha value is -0.840. The molecule has 0 aliphatic carbocycles. The van der Waals surface area contributed by atoms with Crippen LogP contribution in [-0.4, -0.2) is 43.0 Å². The topological polar surface area (TPSA) is 96.6 Å².